The first-order chi connectivity index (χ1) is 10.7. The molecule has 0 aliphatic rings. The van der Waals surface area contributed by atoms with E-state index in [1.807, 2.05) is 54.6 Å². The van der Waals surface area contributed by atoms with Gasteiger partial charge in [0.1, 0.15) is 0 Å². The predicted octanol–water partition coefficient (Wildman–Crippen LogP) is 6.11. The molecule has 0 bridgehead atoms. The maximum Gasteiger partial charge on any atom is 0.157 e. The van der Waals surface area contributed by atoms with Crippen LogP contribution in [-0.4, -0.2) is 9.61 Å². The molecule has 0 saturated heterocycles. The van der Waals surface area contributed by atoms with Crippen LogP contribution in [0.25, 0.3) is 27.5 Å². The summed E-state index contributed by atoms with van der Waals surface area (Å²) in [5, 5.41) is 7.64. The van der Waals surface area contributed by atoms with E-state index in [1.165, 1.54) is 0 Å². The third-order valence-electron chi connectivity index (χ3n) is 3.67. The van der Waals surface area contributed by atoms with Crippen molar-refractivity contribution in [2.45, 2.75) is 0 Å². The lowest BCUT2D eigenvalue weighted by Gasteiger charge is -2.06. The van der Waals surface area contributed by atoms with Crippen LogP contribution in [0.3, 0.4) is 0 Å². The monoisotopic (exact) mass is 346 g/mol. The molecular weight excluding hydrogens is 339 g/mol. The van der Waals surface area contributed by atoms with Gasteiger partial charge >= 0.3 is 0 Å². The highest BCUT2D eigenvalue weighted by Gasteiger charge is 2.21. The van der Waals surface area contributed by atoms with Gasteiger partial charge in [0.2, 0.25) is 0 Å². The maximum atomic E-state index is 6.49. The lowest BCUT2D eigenvalue weighted by Crippen LogP contribution is -1.96. The van der Waals surface area contributed by atoms with Crippen LogP contribution in [0.5, 0.6) is 0 Å². The van der Waals surface area contributed by atoms with Crippen LogP contribution in [0.4, 0.5) is 0 Å². The normalized spacial score (nSPS) is 11.4. The Hall–Kier alpha value is -1.74. The number of fused-ring (bicyclic) bond motifs is 3. The summed E-state index contributed by atoms with van der Waals surface area (Å²) < 4.78 is 1.73. The Morgan fingerprint density at radius 3 is 2.09 bits per heavy atom. The van der Waals surface area contributed by atoms with Gasteiger partial charge in [-0.25, -0.2) is 4.52 Å². The number of hydrogen-bond donors (Lipinski definition) is 0. The van der Waals surface area contributed by atoms with Crippen molar-refractivity contribution in [1.29, 1.82) is 0 Å². The van der Waals surface area contributed by atoms with Crippen LogP contribution in [0.15, 0.2) is 54.6 Å². The average molecular weight is 348 g/mol. The molecule has 22 heavy (non-hydrogen) atoms. The fourth-order valence-corrected chi connectivity index (χ4v) is 3.48. The second kappa shape index (κ2) is 5.17. The molecule has 0 aliphatic carbocycles. The molecular formula is C17H9Cl3N2. The largest absolute Gasteiger partial charge is 0.228 e. The van der Waals surface area contributed by atoms with Gasteiger partial charge in [0, 0.05) is 16.3 Å². The predicted molar refractivity (Wildman–Crippen MR) is 93.2 cm³/mol. The highest BCUT2D eigenvalue weighted by Crippen LogP contribution is 2.41. The summed E-state index contributed by atoms with van der Waals surface area (Å²) in [6.45, 7) is 0. The van der Waals surface area contributed by atoms with Crippen molar-refractivity contribution in [3.05, 3.63) is 69.8 Å². The number of aromatic nitrogens is 2. The Labute approximate surface area is 141 Å². The first-order valence-corrected chi connectivity index (χ1v) is 7.81. The molecule has 108 valence electrons. The van der Waals surface area contributed by atoms with Crippen LogP contribution in [0, 0.1) is 0 Å². The Balaban J connectivity index is 2.23. The Kier molecular flexibility index (Phi) is 3.26. The third kappa shape index (κ3) is 1.92. The van der Waals surface area contributed by atoms with Crippen LogP contribution in [-0.2, 0) is 0 Å². The van der Waals surface area contributed by atoms with E-state index in [-0.39, 0.29) is 0 Å². The standard InChI is InChI=1S/C17H9Cl3N2/c18-13-14(19)16-11-8-4-5-9-12(11)17(20)21-22(16)15(13)10-6-2-1-3-7-10/h1-9H. The van der Waals surface area contributed by atoms with Crippen molar-refractivity contribution in [3.63, 3.8) is 0 Å². The first kappa shape index (κ1) is 13.9. The van der Waals surface area contributed by atoms with E-state index < -0.39 is 0 Å². The minimum Gasteiger partial charge on any atom is -0.228 e. The topological polar surface area (TPSA) is 17.3 Å². The first-order valence-electron chi connectivity index (χ1n) is 6.68. The smallest absolute Gasteiger partial charge is 0.157 e. The molecule has 2 aromatic carbocycles. The quantitative estimate of drug-likeness (QED) is 0.406. The summed E-state index contributed by atoms with van der Waals surface area (Å²) in [6, 6.07) is 17.5. The van der Waals surface area contributed by atoms with Crippen molar-refractivity contribution >= 4 is 51.1 Å². The highest BCUT2D eigenvalue weighted by atomic mass is 35.5. The summed E-state index contributed by atoms with van der Waals surface area (Å²) in [6.07, 6.45) is 0. The van der Waals surface area contributed by atoms with Gasteiger partial charge in [-0.05, 0) is 0 Å². The summed E-state index contributed by atoms with van der Waals surface area (Å²) in [7, 11) is 0. The molecule has 4 rings (SSSR count). The molecule has 0 aliphatic heterocycles. The van der Waals surface area contributed by atoms with Gasteiger partial charge < -0.3 is 0 Å². The number of nitrogens with zero attached hydrogens (tertiary/aromatic N) is 2. The highest BCUT2D eigenvalue weighted by molar-refractivity contribution is 6.47. The number of halogens is 3. The van der Waals surface area contributed by atoms with Gasteiger partial charge in [-0.2, -0.15) is 5.10 Å². The van der Waals surface area contributed by atoms with E-state index in [4.69, 9.17) is 34.8 Å². The minimum absolute atomic E-state index is 0.420. The van der Waals surface area contributed by atoms with Crippen molar-refractivity contribution in [2.75, 3.05) is 0 Å². The van der Waals surface area contributed by atoms with Crippen LogP contribution in [0.1, 0.15) is 0 Å². The van der Waals surface area contributed by atoms with Crippen LogP contribution >= 0.6 is 34.8 Å². The zero-order valence-corrected chi connectivity index (χ0v) is 13.5. The van der Waals surface area contributed by atoms with E-state index in [9.17, 15) is 0 Å². The van der Waals surface area contributed by atoms with E-state index in [1.54, 1.807) is 4.52 Å². The summed E-state index contributed by atoms with van der Waals surface area (Å²) in [4.78, 5) is 0. The lowest BCUT2D eigenvalue weighted by atomic mass is 10.2. The molecule has 0 unspecified atom stereocenters. The van der Waals surface area contributed by atoms with E-state index in [0.717, 1.165) is 27.5 Å². The lowest BCUT2D eigenvalue weighted by molar-refractivity contribution is 0.961. The average Bonchev–Trinajstić information content (AvgIpc) is 2.80. The minimum atomic E-state index is 0.420. The zero-order valence-electron chi connectivity index (χ0n) is 11.2. The molecule has 0 amide bonds. The van der Waals surface area contributed by atoms with Gasteiger partial charge in [-0.3, -0.25) is 0 Å². The molecule has 0 spiro atoms. The van der Waals surface area contributed by atoms with E-state index in [2.05, 4.69) is 5.10 Å². The molecule has 0 fully saturated rings. The van der Waals surface area contributed by atoms with Crippen LogP contribution in [0.2, 0.25) is 15.2 Å². The van der Waals surface area contributed by atoms with Gasteiger partial charge in [0.15, 0.2) is 5.15 Å². The summed E-state index contributed by atoms with van der Waals surface area (Å²) >= 11 is 19.3. The number of benzene rings is 2. The zero-order chi connectivity index (χ0) is 15.3. The molecule has 4 aromatic rings. The molecule has 0 N–H and O–H groups in total. The molecule has 2 aromatic heterocycles. The van der Waals surface area contributed by atoms with Gasteiger partial charge in [0.05, 0.1) is 21.3 Å². The molecule has 0 saturated carbocycles. The fraction of sp³-hybridized carbons (Fsp3) is 0. The second-order valence-corrected chi connectivity index (χ2v) is 6.05. The van der Waals surface area contributed by atoms with Crippen molar-refractivity contribution in [3.8, 4) is 11.3 Å². The molecule has 5 heteroatoms. The van der Waals surface area contributed by atoms with E-state index in [0.29, 0.717) is 15.2 Å². The van der Waals surface area contributed by atoms with Crippen molar-refractivity contribution < 1.29 is 0 Å². The number of hydrogen-bond acceptors (Lipinski definition) is 1. The van der Waals surface area contributed by atoms with Crippen molar-refractivity contribution in [2.24, 2.45) is 0 Å². The Bertz CT molecular complexity index is 1010. The number of rotatable bonds is 1. The molecule has 0 radical (unpaired) electrons. The van der Waals surface area contributed by atoms with Gasteiger partial charge in [-0.15, -0.1) is 0 Å². The second-order valence-electron chi connectivity index (χ2n) is 4.94. The van der Waals surface area contributed by atoms with Gasteiger partial charge in [0.25, 0.3) is 0 Å². The molecule has 2 nitrogen and oxygen atoms in total. The summed E-state index contributed by atoms with van der Waals surface area (Å²) in [5.41, 5.74) is 2.45. The molecule has 2 heterocycles. The maximum absolute atomic E-state index is 6.49. The van der Waals surface area contributed by atoms with Crippen molar-refractivity contribution in [1.82, 2.24) is 9.61 Å². The van der Waals surface area contributed by atoms with Gasteiger partial charge in [-0.1, -0.05) is 89.4 Å². The summed E-state index contributed by atoms with van der Waals surface area (Å²) in [5.74, 6) is 0. The van der Waals surface area contributed by atoms with Crippen LogP contribution < -0.4 is 0 Å². The molecule has 0 atom stereocenters. The third-order valence-corrected chi connectivity index (χ3v) is 4.78. The van der Waals surface area contributed by atoms with E-state index >= 15 is 0 Å². The SMILES string of the molecule is Clc1c(Cl)c2c3ccccc3c(Cl)nn2c1-c1ccccc1. The Morgan fingerprint density at radius 2 is 1.36 bits per heavy atom. The Morgan fingerprint density at radius 1 is 0.727 bits per heavy atom. The fourth-order valence-electron chi connectivity index (χ4n) is 2.69.